The quantitative estimate of drug-likeness (QED) is 0.0238. The SMILES string of the molecule is CC(=O)OC1CC(CC[SiH3])CCC1O.CC(=O)OC1CCC(CC[SiH3])CC1O.CC(=O)OCCC[SiH3].CC(C)(C)OCCC[SiH3].CCC(C)(C)OCCC[SiH3].CO.COC(C)OCCC[SiH3].COCC(COCCC[SiH3])OC.COCC(O)COCCC[SiH3].COCOCCC[SiH3].[SiH3]CCCOC1CCCCO1.[SiH3]CCCOC1CCCO1.[SiH3]c1ccccc1. The molecular formula is C88H204O25Si12. The van der Waals surface area contributed by atoms with Crippen LogP contribution in [0.25, 0.3) is 0 Å². The van der Waals surface area contributed by atoms with Gasteiger partial charge in [0.25, 0.3) is 0 Å². The highest BCUT2D eigenvalue weighted by molar-refractivity contribution is 6.32. The number of rotatable bonds is 50. The van der Waals surface area contributed by atoms with Gasteiger partial charge in [0.15, 0.2) is 18.9 Å². The third-order valence-corrected chi connectivity index (χ3v) is 27.2. The molecule has 11 unspecified atom stereocenters. The molecule has 0 bridgehead atoms. The Balaban J connectivity index is -0.000000200. The van der Waals surface area contributed by atoms with E-state index in [0.717, 1.165) is 144 Å². The van der Waals surface area contributed by atoms with Gasteiger partial charge in [-0.3, -0.25) is 14.4 Å². The molecule has 4 fully saturated rings. The number of ether oxygens (including phenoxy) is 18. The molecule has 2 saturated carbocycles. The van der Waals surface area contributed by atoms with E-state index >= 15 is 0 Å². The molecule has 5 rings (SSSR count). The standard InChI is InChI=1S/2C10H20O3Si.C8H20O3Si.C8H18O2Si.C8H20OSi.C7H18O3Si.C7H16O2Si.C7H18OSi.C6H16O2Si.C6H8Si.C5H14O2Si.C5H12O2Si.CH4O/c1-7(11)13-10-3-2-8(4-5-14)6-9(10)12;1-7(11)13-10-6-8(4-5-14)2-3-9(10)12;1-9-6-8(10-2)7-11-4-3-5-12;11-7-3-6-10-8-4-1-2-5-9-8;1-4-8(2,3)9-6-5-7-10;1-9-5-7(8)6-10-3-2-4-11;10-6-2-5-9-7-3-1-4-8-7;1-7(2,3)8-5-4-6-9;1-6(7-2)8-4-3-5-9;7-6-4-2-1-3-5-6;1-6-5-7-3-2-4-8;1-5(6)7-3-2-4-8;1-2/h2*8-10,12H,2-6H2,1,14H3;8H,3-7H2,1-2,12H3;8H,1-7H2,11H3;4-7H2,1-3,10H3;7-8H,2-6H2,1,11H3;7H,1-6H2,10H3;4-6H2,1-3,9H3;6H,3-5H2,1-2,9H3;1-5H,7H3;2-5H2,1,8H3;2-4H2,1,8H3;2H,1H3. The van der Waals surface area contributed by atoms with Gasteiger partial charge in [-0.15, -0.1) is 0 Å². The van der Waals surface area contributed by atoms with Crippen molar-refractivity contribution in [3.8, 4) is 0 Å². The molecule has 125 heavy (non-hydrogen) atoms. The lowest BCUT2D eigenvalue weighted by Crippen LogP contribution is -2.37. The van der Waals surface area contributed by atoms with Crippen molar-refractivity contribution < 1.29 is 120 Å². The fourth-order valence-electron chi connectivity index (χ4n) is 11.1. The van der Waals surface area contributed by atoms with Crippen molar-refractivity contribution in [2.45, 2.75) is 350 Å². The molecule has 11 atom stereocenters. The number of methoxy groups -OCH3 is 5. The number of benzene rings is 1. The maximum atomic E-state index is 10.8. The third-order valence-electron chi connectivity index (χ3n) is 19.0. The van der Waals surface area contributed by atoms with Crippen LogP contribution in [0.4, 0.5) is 0 Å². The van der Waals surface area contributed by atoms with Crippen LogP contribution in [0, 0.1) is 11.8 Å². The molecule has 4 N–H and O–H groups in total. The summed E-state index contributed by atoms with van der Waals surface area (Å²) in [7, 11) is 24.4. The van der Waals surface area contributed by atoms with Gasteiger partial charge in [-0.05, 0) is 182 Å². The lowest BCUT2D eigenvalue weighted by Gasteiger charge is -2.32. The van der Waals surface area contributed by atoms with Crippen LogP contribution in [0.1, 0.15) is 217 Å². The smallest absolute Gasteiger partial charge is 0.302 e. The Kier molecular flexibility index (Phi) is 124. The largest absolute Gasteiger partial charge is 0.466 e. The van der Waals surface area contributed by atoms with Gasteiger partial charge in [0, 0.05) is 259 Å². The van der Waals surface area contributed by atoms with Crippen LogP contribution in [0.5, 0.6) is 0 Å². The van der Waals surface area contributed by atoms with Gasteiger partial charge in [0.05, 0.1) is 56.4 Å². The van der Waals surface area contributed by atoms with Gasteiger partial charge in [-0.1, -0.05) is 122 Å². The molecule has 0 aromatic heterocycles. The van der Waals surface area contributed by atoms with Gasteiger partial charge < -0.3 is 106 Å². The Morgan fingerprint density at radius 1 is 0.464 bits per heavy atom. The van der Waals surface area contributed by atoms with Crippen molar-refractivity contribution in [3.63, 3.8) is 0 Å². The van der Waals surface area contributed by atoms with E-state index in [-0.39, 0.29) is 66.3 Å². The summed E-state index contributed by atoms with van der Waals surface area (Å²) in [6.07, 6.45) is 23.9. The molecule has 0 amide bonds. The zero-order chi connectivity index (χ0) is 96.3. The Morgan fingerprint density at radius 2 is 0.904 bits per heavy atom. The minimum absolute atomic E-state index is 0.0294. The average Bonchev–Trinajstić information content (AvgIpc) is 1.08. The van der Waals surface area contributed by atoms with Gasteiger partial charge in [-0.25, -0.2) is 0 Å². The number of aliphatic hydroxyl groups excluding tert-OH is 4. The van der Waals surface area contributed by atoms with Crippen molar-refractivity contribution in [3.05, 3.63) is 30.3 Å². The Hall–Kier alpha value is -0.527. The first kappa shape index (κ1) is 140. The molecule has 2 aliphatic heterocycles. The molecular weight excluding hydrogens is 1790 g/mol. The van der Waals surface area contributed by atoms with E-state index in [2.05, 4.69) is 75.3 Å². The van der Waals surface area contributed by atoms with Crippen molar-refractivity contribution >= 4 is 146 Å². The fourth-order valence-corrected chi connectivity index (χ4v) is 15.7. The van der Waals surface area contributed by atoms with Crippen molar-refractivity contribution in [2.24, 2.45) is 11.8 Å². The summed E-state index contributed by atoms with van der Waals surface area (Å²) in [6.45, 7) is 30.8. The summed E-state index contributed by atoms with van der Waals surface area (Å²) in [4.78, 5) is 31.6. The Morgan fingerprint density at radius 3 is 1.30 bits per heavy atom. The molecule has 754 valence electrons. The van der Waals surface area contributed by atoms with Gasteiger partial charge in [-0.2, -0.15) is 0 Å². The highest BCUT2D eigenvalue weighted by atomic mass is 28.2. The van der Waals surface area contributed by atoms with E-state index in [1.54, 1.807) is 35.5 Å². The van der Waals surface area contributed by atoms with Crippen LogP contribution in [0.2, 0.25) is 66.5 Å². The van der Waals surface area contributed by atoms with Crippen LogP contribution in [0.3, 0.4) is 0 Å². The minimum atomic E-state index is -0.464. The number of carbonyl (C=O) groups excluding carboxylic acids is 3. The summed E-state index contributed by atoms with van der Waals surface area (Å²) in [5.74, 6) is 0.575. The van der Waals surface area contributed by atoms with Gasteiger partial charge in [0.1, 0.15) is 31.2 Å². The number of aliphatic hydroxyl groups is 4. The van der Waals surface area contributed by atoms with E-state index in [4.69, 9.17) is 86.0 Å². The monoisotopic (exact) mass is 2000 g/mol. The van der Waals surface area contributed by atoms with Gasteiger partial charge >= 0.3 is 17.9 Å². The maximum absolute atomic E-state index is 10.8. The molecule has 2 aliphatic carbocycles. The summed E-state index contributed by atoms with van der Waals surface area (Å²) >= 11 is 0. The van der Waals surface area contributed by atoms with E-state index < -0.39 is 18.3 Å². The maximum Gasteiger partial charge on any atom is 0.302 e. The highest BCUT2D eigenvalue weighted by Crippen LogP contribution is 2.31. The molecule has 2 saturated heterocycles. The lowest BCUT2D eigenvalue weighted by atomic mass is 9.84. The van der Waals surface area contributed by atoms with E-state index in [1.807, 2.05) is 13.0 Å². The first-order chi connectivity index (χ1) is 59.8. The predicted octanol–water partition coefficient (Wildman–Crippen LogP) is 1.84. The van der Waals surface area contributed by atoms with Crippen molar-refractivity contribution in [1.29, 1.82) is 0 Å². The number of hydrogen-bond acceptors (Lipinski definition) is 25. The fraction of sp³-hybridized carbons (Fsp3) is 0.898. The van der Waals surface area contributed by atoms with E-state index in [0.29, 0.717) is 51.7 Å². The van der Waals surface area contributed by atoms with Crippen LogP contribution < -0.4 is 5.19 Å². The summed E-state index contributed by atoms with van der Waals surface area (Å²) in [5, 5.41) is 37.0. The molecule has 25 nitrogen and oxygen atoms in total. The zero-order valence-corrected chi connectivity index (χ0v) is 110. The summed E-state index contributed by atoms with van der Waals surface area (Å²) < 4.78 is 92.8. The lowest BCUT2D eigenvalue weighted by molar-refractivity contribution is -0.162. The normalized spacial score (nSPS) is 18.8. The number of hydrogen-bond donors (Lipinski definition) is 4. The number of carbonyl (C=O) groups is 3. The molecule has 0 spiro atoms. The summed E-state index contributed by atoms with van der Waals surface area (Å²) in [6, 6.07) is 24.9. The Bertz CT molecular complexity index is 2240. The highest BCUT2D eigenvalue weighted by Gasteiger charge is 2.32. The van der Waals surface area contributed by atoms with Crippen molar-refractivity contribution in [2.75, 3.05) is 149 Å². The first-order valence-corrected chi connectivity index (χ1v) is 65.0. The molecule has 0 radical (unpaired) electrons. The van der Waals surface area contributed by atoms with E-state index in [1.165, 1.54) is 292 Å². The van der Waals surface area contributed by atoms with Crippen molar-refractivity contribution in [1.82, 2.24) is 0 Å². The van der Waals surface area contributed by atoms with E-state index in [9.17, 15) is 24.6 Å². The molecule has 1 aromatic rings. The van der Waals surface area contributed by atoms with Crippen LogP contribution in [-0.4, -0.2) is 376 Å². The molecule has 1 aromatic carbocycles. The molecule has 4 aliphatic rings. The summed E-state index contributed by atoms with van der Waals surface area (Å²) in [5.41, 5.74) is 0.174. The van der Waals surface area contributed by atoms with Crippen LogP contribution in [0.15, 0.2) is 30.3 Å². The predicted molar refractivity (Wildman–Crippen MR) is 565 cm³/mol. The van der Waals surface area contributed by atoms with Gasteiger partial charge in [0.2, 0.25) is 0 Å². The first-order valence-electron chi connectivity index (χ1n) is 48.5. The average molecular weight is 2000 g/mol. The van der Waals surface area contributed by atoms with Crippen LogP contribution >= 0.6 is 0 Å². The second-order valence-corrected chi connectivity index (χ2v) is 45.2. The number of esters is 3. The topological polar surface area (TPSA) is 298 Å². The third kappa shape index (κ3) is 118. The van der Waals surface area contributed by atoms with Crippen LogP contribution in [-0.2, 0) is 99.6 Å². The second-order valence-electron chi connectivity index (χ2n) is 33.0. The molecule has 2 heterocycles. The second kappa shape index (κ2) is 110. The molecule has 37 heteroatoms. The minimum Gasteiger partial charge on any atom is -0.466 e. The zero-order valence-electron chi connectivity index (χ0n) is 86.0. The Labute approximate surface area is 801 Å².